The smallest absolute Gasteiger partial charge is 0.119 e. The molecule has 108 valence electrons. The molecule has 19 heavy (non-hydrogen) atoms. The fraction of sp³-hybridized carbons (Fsp3) is 0.571. The van der Waals surface area contributed by atoms with Crippen LogP contribution in [0.25, 0.3) is 0 Å². The first-order chi connectivity index (χ1) is 9.05. The molecule has 5 heteroatoms. The van der Waals surface area contributed by atoms with Crippen LogP contribution in [0.4, 0.5) is 0 Å². The van der Waals surface area contributed by atoms with Crippen molar-refractivity contribution in [2.75, 3.05) is 19.8 Å². The molecule has 0 aliphatic carbocycles. The van der Waals surface area contributed by atoms with E-state index < -0.39 is 5.54 Å². The number of hydrogen-bond acceptors (Lipinski definition) is 5. The van der Waals surface area contributed by atoms with Crippen LogP contribution in [0.1, 0.15) is 19.4 Å². The minimum atomic E-state index is -1.05. The summed E-state index contributed by atoms with van der Waals surface area (Å²) >= 11 is 0. The zero-order valence-electron chi connectivity index (χ0n) is 11.5. The highest BCUT2D eigenvalue weighted by atomic mass is 16.5. The van der Waals surface area contributed by atoms with E-state index in [0.717, 1.165) is 11.3 Å². The molecule has 1 aromatic carbocycles. The highest BCUT2D eigenvalue weighted by molar-refractivity contribution is 5.27. The average Bonchev–Trinajstić information content (AvgIpc) is 2.42. The van der Waals surface area contributed by atoms with Crippen molar-refractivity contribution in [3.8, 4) is 5.75 Å². The van der Waals surface area contributed by atoms with Crippen LogP contribution in [-0.2, 0) is 6.54 Å². The van der Waals surface area contributed by atoms with Gasteiger partial charge in [-0.25, -0.2) is 0 Å². The average molecular weight is 269 g/mol. The Morgan fingerprint density at radius 2 is 1.58 bits per heavy atom. The maximum absolute atomic E-state index is 9.20. The molecule has 0 atom stereocenters. The number of nitrogens with one attached hydrogen (secondary N) is 1. The molecular weight excluding hydrogens is 246 g/mol. The van der Waals surface area contributed by atoms with Gasteiger partial charge in [0.15, 0.2) is 0 Å². The highest BCUT2D eigenvalue weighted by Crippen LogP contribution is 2.14. The maximum atomic E-state index is 9.20. The van der Waals surface area contributed by atoms with Gasteiger partial charge in [0.2, 0.25) is 0 Å². The van der Waals surface area contributed by atoms with E-state index in [9.17, 15) is 15.3 Å². The second-order valence-electron chi connectivity index (χ2n) is 4.92. The summed E-state index contributed by atoms with van der Waals surface area (Å²) in [5.41, 5.74) is -0.0663. The summed E-state index contributed by atoms with van der Waals surface area (Å²) in [6.07, 6.45) is 0.134. The molecule has 0 bridgehead atoms. The number of rotatable bonds is 8. The lowest BCUT2D eigenvalue weighted by Crippen LogP contribution is -2.54. The molecule has 0 amide bonds. The molecule has 0 aliphatic rings. The van der Waals surface area contributed by atoms with Gasteiger partial charge in [-0.15, -0.1) is 0 Å². The van der Waals surface area contributed by atoms with Gasteiger partial charge in [-0.05, 0) is 31.5 Å². The molecule has 5 nitrogen and oxygen atoms in total. The number of benzene rings is 1. The molecule has 0 aromatic heterocycles. The molecule has 1 rings (SSSR count). The van der Waals surface area contributed by atoms with Gasteiger partial charge >= 0.3 is 0 Å². The van der Waals surface area contributed by atoms with Gasteiger partial charge in [-0.1, -0.05) is 12.1 Å². The second kappa shape index (κ2) is 7.45. The van der Waals surface area contributed by atoms with Crippen LogP contribution in [-0.4, -0.2) is 46.8 Å². The third kappa shape index (κ3) is 4.80. The van der Waals surface area contributed by atoms with Crippen molar-refractivity contribution >= 4 is 0 Å². The van der Waals surface area contributed by atoms with Gasteiger partial charge in [0.1, 0.15) is 5.75 Å². The Hall–Kier alpha value is -1.14. The normalized spacial score (nSPS) is 11.9. The SMILES string of the molecule is CC(C)Oc1ccc(CNC(CO)(CO)CO)cc1. The molecule has 4 N–H and O–H groups in total. The molecule has 0 saturated carbocycles. The predicted molar refractivity (Wildman–Crippen MR) is 73.0 cm³/mol. The van der Waals surface area contributed by atoms with Crippen LogP contribution in [0.5, 0.6) is 5.75 Å². The summed E-state index contributed by atoms with van der Waals surface area (Å²) < 4.78 is 5.54. The van der Waals surface area contributed by atoms with Gasteiger partial charge in [-0.3, -0.25) is 0 Å². The van der Waals surface area contributed by atoms with E-state index in [2.05, 4.69) is 5.32 Å². The number of hydrogen-bond donors (Lipinski definition) is 4. The number of aliphatic hydroxyl groups is 3. The molecule has 0 spiro atoms. The van der Waals surface area contributed by atoms with E-state index in [-0.39, 0.29) is 25.9 Å². The van der Waals surface area contributed by atoms with Crippen LogP contribution in [0.3, 0.4) is 0 Å². The quantitative estimate of drug-likeness (QED) is 0.545. The van der Waals surface area contributed by atoms with E-state index in [1.54, 1.807) is 0 Å². The fourth-order valence-corrected chi connectivity index (χ4v) is 1.57. The largest absolute Gasteiger partial charge is 0.491 e. The Kier molecular flexibility index (Phi) is 6.24. The molecule has 0 radical (unpaired) electrons. The molecule has 1 aromatic rings. The third-order valence-corrected chi connectivity index (χ3v) is 2.87. The molecule has 0 aliphatic heterocycles. The molecule has 0 saturated heterocycles. The Bertz CT molecular complexity index is 352. The van der Waals surface area contributed by atoms with Gasteiger partial charge < -0.3 is 25.4 Å². The van der Waals surface area contributed by atoms with Crippen LogP contribution in [0.15, 0.2) is 24.3 Å². The summed E-state index contributed by atoms with van der Waals surface area (Å²) in [4.78, 5) is 0. The van der Waals surface area contributed by atoms with Gasteiger partial charge in [-0.2, -0.15) is 0 Å². The monoisotopic (exact) mass is 269 g/mol. The minimum Gasteiger partial charge on any atom is -0.491 e. The minimum absolute atomic E-state index is 0.134. The molecular formula is C14H23NO4. The van der Waals surface area contributed by atoms with Crippen molar-refractivity contribution < 1.29 is 20.1 Å². The lowest BCUT2D eigenvalue weighted by atomic mass is 10.0. The predicted octanol–water partition coefficient (Wildman–Crippen LogP) is 0.279. The van der Waals surface area contributed by atoms with E-state index >= 15 is 0 Å². The summed E-state index contributed by atoms with van der Waals surface area (Å²) in [6.45, 7) is 3.41. The third-order valence-electron chi connectivity index (χ3n) is 2.87. The zero-order valence-corrected chi connectivity index (χ0v) is 11.5. The summed E-state index contributed by atoms with van der Waals surface area (Å²) in [5.74, 6) is 0.802. The first-order valence-electron chi connectivity index (χ1n) is 6.38. The van der Waals surface area contributed by atoms with Crippen molar-refractivity contribution in [2.24, 2.45) is 0 Å². The van der Waals surface area contributed by atoms with E-state index in [1.165, 1.54) is 0 Å². The van der Waals surface area contributed by atoms with Crippen LogP contribution < -0.4 is 10.1 Å². The summed E-state index contributed by atoms with van der Waals surface area (Å²) in [6, 6.07) is 7.55. The summed E-state index contributed by atoms with van der Waals surface area (Å²) in [5, 5.41) is 30.6. The van der Waals surface area contributed by atoms with Crippen molar-refractivity contribution in [1.29, 1.82) is 0 Å². The second-order valence-corrected chi connectivity index (χ2v) is 4.92. The van der Waals surface area contributed by atoms with E-state index in [4.69, 9.17) is 4.74 Å². The maximum Gasteiger partial charge on any atom is 0.119 e. The Balaban J connectivity index is 2.58. The lowest BCUT2D eigenvalue weighted by molar-refractivity contribution is 0.0414. The highest BCUT2D eigenvalue weighted by Gasteiger charge is 2.26. The lowest BCUT2D eigenvalue weighted by Gasteiger charge is -2.28. The van der Waals surface area contributed by atoms with E-state index in [1.807, 2.05) is 38.1 Å². The van der Waals surface area contributed by atoms with Gasteiger partial charge in [0.05, 0.1) is 31.5 Å². The van der Waals surface area contributed by atoms with Crippen molar-refractivity contribution in [3.63, 3.8) is 0 Å². The first kappa shape index (κ1) is 15.9. The van der Waals surface area contributed by atoms with Crippen molar-refractivity contribution in [2.45, 2.75) is 32.0 Å². The summed E-state index contributed by atoms with van der Waals surface area (Å²) in [7, 11) is 0. The zero-order chi connectivity index (χ0) is 14.3. The Morgan fingerprint density at radius 1 is 1.05 bits per heavy atom. The standard InChI is InChI=1S/C14H23NO4/c1-11(2)19-13-5-3-12(4-6-13)7-15-14(8-16,9-17)10-18/h3-6,11,15-18H,7-10H2,1-2H3. The van der Waals surface area contributed by atoms with E-state index in [0.29, 0.717) is 6.54 Å². The Morgan fingerprint density at radius 3 is 2.00 bits per heavy atom. The van der Waals surface area contributed by atoms with Crippen LogP contribution in [0, 0.1) is 0 Å². The topological polar surface area (TPSA) is 82.0 Å². The van der Waals surface area contributed by atoms with Gasteiger partial charge in [0.25, 0.3) is 0 Å². The van der Waals surface area contributed by atoms with Crippen LogP contribution >= 0.6 is 0 Å². The van der Waals surface area contributed by atoms with Crippen LogP contribution in [0.2, 0.25) is 0 Å². The van der Waals surface area contributed by atoms with Crippen molar-refractivity contribution in [3.05, 3.63) is 29.8 Å². The van der Waals surface area contributed by atoms with Gasteiger partial charge in [0, 0.05) is 6.54 Å². The molecule has 0 fully saturated rings. The van der Waals surface area contributed by atoms with Crippen molar-refractivity contribution in [1.82, 2.24) is 5.32 Å². The number of aliphatic hydroxyl groups excluding tert-OH is 3. The first-order valence-corrected chi connectivity index (χ1v) is 6.38. The Labute approximate surface area is 113 Å². The molecule has 0 unspecified atom stereocenters. The molecule has 0 heterocycles. The number of ether oxygens (including phenoxy) is 1. The fourth-order valence-electron chi connectivity index (χ4n) is 1.57.